The van der Waals surface area contributed by atoms with E-state index in [1.54, 1.807) is 0 Å². The summed E-state index contributed by atoms with van der Waals surface area (Å²) < 4.78 is 157. The second-order valence-electron chi connectivity index (χ2n) is 11.0. The van der Waals surface area contributed by atoms with Gasteiger partial charge in [-0.15, -0.1) is 0 Å². The van der Waals surface area contributed by atoms with E-state index < -0.39 is 114 Å². The van der Waals surface area contributed by atoms with Crippen LogP contribution in [-0.4, -0.2) is 94.9 Å². The summed E-state index contributed by atoms with van der Waals surface area (Å²) in [6.07, 6.45) is 0. The Morgan fingerprint density at radius 2 is 0.635 bits per heavy atom. The molecule has 4 aliphatic heterocycles. The second-order valence-corrected chi connectivity index (χ2v) is 14.9. The summed E-state index contributed by atoms with van der Waals surface area (Å²) >= 11 is 0. The van der Waals surface area contributed by atoms with Gasteiger partial charge >= 0.3 is 130 Å². The number of carbonyl (C=O) groups excluding carboxylic acids is 2. The SMILES string of the molecule is CC12N3Cc4c(OS(=O)(=O)[O-])ccc(OS(=O)(=O)[O-])c4CN1C(=O)N1Cc4c(OS(=O)(=O)[O-])ccc(OS(=O)(=O)[O-])c4CN(C3=O)C12C.[Na+].[Na+].[Na+].[Na+]. The van der Waals surface area contributed by atoms with Crippen LogP contribution < -0.4 is 135 Å². The van der Waals surface area contributed by atoms with Gasteiger partial charge in [0.1, 0.15) is 23.0 Å². The molecule has 2 aromatic rings. The summed E-state index contributed by atoms with van der Waals surface area (Å²) in [6, 6.07) is 1.21. The number of hydrogen-bond donors (Lipinski definition) is 0. The van der Waals surface area contributed by atoms with Crippen molar-refractivity contribution in [2.75, 3.05) is 0 Å². The van der Waals surface area contributed by atoms with Gasteiger partial charge in [0.05, 0.1) is 26.2 Å². The Hall–Kier alpha value is -0.180. The van der Waals surface area contributed by atoms with Crippen molar-refractivity contribution < 1.29 is 196 Å². The molecule has 0 spiro atoms. The maximum absolute atomic E-state index is 14.3. The Bertz CT molecular complexity index is 1970. The number of benzene rings is 2. The molecule has 262 valence electrons. The topological polar surface area (TPSA) is 313 Å². The fourth-order valence-corrected chi connectivity index (χ4v) is 8.12. The van der Waals surface area contributed by atoms with E-state index in [1.165, 1.54) is 13.8 Å². The Labute approximate surface area is 385 Å². The van der Waals surface area contributed by atoms with Crippen molar-refractivity contribution in [3.05, 3.63) is 46.5 Å². The first-order valence-electron chi connectivity index (χ1n) is 12.9. The van der Waals surface area contributed by atoms with Gasteiger partial charge in [-0.3, -0.25) is 19.6 Å². The first-order chi connectivity index (χ1) is 21.8. The molecule has 4 heterocycles. The van der Waals surface area contributed by atoms with Crippen LogP contribution in [0.3, 0.4) is 0 Å². The molecule has 52 heavy (non-hydrogen) atoms. The Morgan fingerprint density at radius 1 is 0.462 bits per heavy atom. The molecule has 0 atom stereocenters. The average molecular weight is 847 g/mol. The summed E-state index contributed by atoms with van der Waals surface area (Å²) in [4.78, 5) is 32.6. The molecule has 0 saturated carbocycles. The van der Waals surface area contributed by atoms with Gasteiger partial charge in [0, 0.05) is 22.3 Å². The number of rotatable bonds is 8. The number of urea groups is 2. The van der Waals surface area contributed by atoms with Gasteiger partial charge in [0.15, 0.2) is 11.3 Å². The third kappa shape index (κ3) is 8.41. The molecule has 0 radical (unpaired) electrons. The van der Waals surface area contributed by atoms with Crippen molar-refractivity contribution in [3.63, 3.8) is 0 Å². The van der Waals surface area contributed by atoms with Crippen LogP contribution >= 0.6 is 0 Å². The van der Waals surface area contributed by atoms with Crippen LogP contribution in [0.2, 0.25) is 0 Å². The van der Waals surface area contributed by atoms with Gasteiger partial charge in [0.2, 0.25) is 0 Å². The van der Waals surface area contributed by atoms with Crippen LogP contribution in [-0.2, 0) is 67.8 Å². The summed E-state index contributed by atoms with van der Waals surface area (Å²) in [5.74, 6) is -2.81. The first kappa shape index (κ1) is 48.0. The van der Waals surface area contributed by atoms with E-state index in [2.05, 4.69) is 16.7 Å². The van der Waals surface area contributed by atoms with Crippen LogP contribution in [0, 0.1) is 0 Å². The largest absolute Gasteiger partial charge is 1.00 e. The van der Waals surface area contributed by atoms with Gasteiger partial charge in [-0.25, -0.2) is 43.3 Å². The number of amides is 4. The molecule has 2 fully saturated rings. The minimum atomic E-state index is -5.48. The minimum Gasteiger partial charge on any atom is -0.716 e. The third-order valence-corrected chi connectivity index (χ3v) is 10.2. The van der Waals surface area contributed by atoms with Gasteiger partial charge in [0.25, 0.3) is 41.6 Å². The summed E-state index contributed by atoms with van der Waals surface area (Å²) in [5, 5.41) is 0. The van der Waals surface area contributed by atoms with E-state index in [0.29, 0.717) is 0 Å². The molecule has 0 N–H and O–H groups in total. The van der Waals surface area contributed by atoms with Crippen molar-refractivity contribution >= 4 is 53.7 Å². The molecule has 2 aromatic carbocycles. The molecule has 0 unspecified atom stereocenters. The monoisotopic (exact) mass is 846 g/mol. The molecule has 30 heteroatoms. The number of carbonyl (C=O) groups is 2. The predicted octanol–water partition coefficient (Wildman–Crippen LogP) is -13.3. The maximum atomic E-state index is 14.3. The van der Waals surface area contributed by atoms with E-state index in [4.69, 9.17) is 0 Å². The summed E-state index contributed by atoms with van der Waals surface area (Å²) in [6.45, 7) is -0.0921. The zero-order valence-corrected chi connectivity index (χ0v) is 39.2. The van der Waals surface area contributed by atoms with Crippen LogP contribution in [0.1, 0.15) is 36.1 Å². The van der Waals surface area contributed by atoms with Gasteiger partial charge < -0.3 is 34.9 Å². The number of nitrogens with zero attached hydrogens (tertiary/aromatic N) is 4. The maximum Gasteiger partial charge on any atom is 1.00 e. The van der Waals surface area contributed by atoms with Crippen molar-refractivity contribution in [2.24, 2.45) is 0 Å². The predicted molar refractivity (Wildman–Crippen MR) is 144 cm³/mol. The molecule has 22 nitrogen and oxygen atoms in total. The Kier molecular flexibility index (Phi) is 14.4. The van der Waals surface area contributed by atoms with E-state index >= 15 is 0 Å². The normalized spacial score (nSPS) is 21.8. The van der Waals surface area contributed by atoms with E-state index in [1.807, 2.05) is 0 Å². The molecule has 6 rings (SSSR count). The summed E-state index contributed by atoms with van der Waals surface area (Å²) in [7, 11) is -21.9. The summed E-state index contributed by atoms with van der Waals surface area (Å²) in [5.41, 5.74) is -5.06. The van der Waals surface area contributed by atoms with Crippen molar-refractivity contribution in [1.29, 1.82) is 0 Å². The van der Waals surface area contributed by atoms with Crippen LogP contribution in [0.5, 0.6) is 23.0 Å². The quantitative estimate of drug-likeness (QED) is 0.135. The third-order valence-electron chi connectivity index (χ3n) is 8.65. The van der Waals surface area contributed by atoms with E-state index in [0.717, 1.165) is 43.9 Å². The van der Waals surface area contributed by atoms with Gasteiger partial charge in [-0.05, 0) is 38.1 Å². The van der Waals surface area contributed by atoms with Crippen LogP contribution in [0.15, 0.2) is 24.3 Å². The number of fused-ring (bicyclic) bond motifs is 2. The van der Waals surface area contributed by atoms with Crippen LogP contribution in [0.25, 0.3) is 0 Å². The number of hydrogen-bond acceptors (Lipinski definition) is 18. The average Bonchev–Trinajstić information content (AvgIpc) is 3.05. The smallest absolute Gasteiger partial charge is 0.716 e. The molecular weight excluding hydrogens is 828 g/mol. The van der Waals surface area contributed by atoms with Gasteiger partial charge in [-0.1, -0.05) is 0 Å². The van der Waals surface area contributed by atoms with E-state index in [9.17, 15) is 61.5 Å². The van der Waals surface area contributed by atoms with E-state index in [-0.39, 0.29) is 140 Å². The molecular formula is C22H18N4Na4O18S4. The first-order valence-corrected chi connectivity index (χ1v) is 18.3. The molecule has 0 aliphatic carbocycles. The minimum absolute atomic E-state index is 0. The Morgan fingerprint density at radius 3 is 0.788 bits per heavy atom. The molecule has 2 saturated heterocycles. The zero-order chi connectivity index (χ0) is 35.6. The van der Waals surface area contributed by atoms with Crippen molar-refractivity contribution in [1.82, 2.24) is 19.6 Å². The van der Waals surface area contributed by atoms with Crippen molar-refractivity contribution in [3.8, 4) is 23.0 Å². The fourth-order valence-electron chi connectivity index (χ4n) is 6.61. The molecule has 4 amide bonds. The zero-order valence-electron chi connectivity index (χ0n) is 27.9. The molecule has 0 bridgehead atoms. The molecule has 0 aromatic heterocycles. The second kappa shape index (κ2) is 15.6. The van der Waals surface area contributed by atoms with Crippen molar-refractivity contribution in [2.45, 2.75) is 51.4 Å². The Balaban J connectivity index is 0.00000234. The van der Waals surface area contributed by atoms with Crippen LogP contribution in [0.4, 0.5) is 9.59 Å². The standard InChI is InChI=1S/C22H22N4O18S4.4Na/c1-21-22(2)25-9-13-14(18(44-48(38,39)40)6-5-17(13)43-47(35,36)37)10-26(22)20(28)24(21)8-12-11(7-23(21)19(25)27)15(41-45(29,30)31)3-4-16(12)42-46(32,33)34;;;;/h3-6H,7-10H2,1-2H3,(H,29,30,31)(H,32,33,34)(H,35,36,37)(H,38,39,40);;;;/q;4*+1/p-4. The van der Waals surface area contributed by atoms with Gasteiger partial charge in [-0.2, -0.15) is 0 Å². The molecule has 4 aliphatic rings. The fraction of sp³-hybridized carbons (Fsp3) is 0.364.